The van der Waals surface area contributed by atoms with E-state index in [1.54, 1.807) is 29.4 Å². The Morgan fingerprint density at radius 1 is 1.17 bits per heavy atom. The lowest BCUT2D eigenvalue weighted by Crippen LogP contribution is -2.21. The third-order valence-electron chi connectivity index (χ3n) is 4.03. The second-order valence-corrected chi connectivity index (χ2v) is 7.71. The summed E-state index contributed by atoms with van der Waals surface area (Å²) in [5, 5.41) is 2.24. The van der Waals surface area contributed by atoms with E-state index in [1.807, 2.05) is 6.07 Å². The van der Waals surface area contributed by atoms with Crippen LogP contribution in [-0.2, 0) is 4.74 Å². The maximum atomic E-state index is 5.82. The summed E-state index contributed by atoms with van der Waals surface area (Å²) in [6.45, 7) is 0.904. The van der Waals surface area contributed by atoms with Gasteiger partial charge in [-0.05, 0) is 30.9 Å². The molecule has 1 atom stereocenters. The number of thiophene rings is 1. The Balaban J connectivity index is 1.58. The molecule has 118 valence electrons. The van der Waals surface area contributed by atoms with Gasteiger partial charge >= 0.3 is 0 Å². The fourth-order valence-electron chi connectivity index (χ4n) is 2.80. The van der Waals surface area contributed by atoms with E-state index in [-0.39, 0.29) is 0 Å². The smallest absolute Gasteiger partial charge is 0.128 e. The van der Waals surface area contributed by atoms with Crippen molar-refractivity contribution in [2.24, 2.45) is 0 Å². The number of thioether (sulfide) groups is 1. The molecule has 0 spiro atoms. The van der Waals surface area contributed by atoms with Gasteiger partial charge in [-0.15, -0.1) is 23.1 Å². The number of hydrogen-bond donors (Lipinski definition) is 0. The average molecular weight is 342 g/mol. The molecule has 2 aromatic heterocycles. The van der Waals surface area contributed by atoms with Gasteiger partial charge in [0.25, 0.3) is 0 Å². The third kappa shape index (κ3) is 3.42. The van der Waals surface area contributed by atoms with Crippen LogP contribution in [0.25, 0.3) is 20.7 Å². The van der Waals surface area contributed by atoms with Crippen molar-refractivity contribution in [1.29, 1.82) is 0 Å². The first kappa shape index (κ1) is 15.1. The second kappa shape index (κ2) is 6.99. The van der Waals surface area contributed by atoms with Gasteiger partial charge in [-0.2, -0.15) is 0 Å². The van der Waals surface area contributed by atoms with Gasteiger partial charge in [-0.3, -0.25) is 0 Å². The van der Waals surface area contributed by atoms with Crippen molar-refractivity contribution in [2.75, 3.05) is 12.4 Å². The summed E-state index contributed by atoms with van der Waals surface area (Å²) < 4.78 is 5.82. The van der Waals surface area contributed by atoms with Crippen molar-refractivity contribution < 1.29 is 4.74 Å². The SMILES string of the molecule is c1ccc(-c2cc3c(SC[C@H]4CCCCO4)ncnc3s2)cc1. The lowest BCUT2D eigenvalue weighted by atomic mass is 10.1. The van der Waals surface area contributed by atoms with Crippen LogP contribution in [0.2, 0.25) is 0 Å². The third-order valence-corrected chi connectivity index (χ3v) is 6.26. The summed E-state index contributed by atoms with van der Waals surface area (Å²) >= 11 is 3.53. The molecule has 4 rings (SSSR count). The molecule has 0 saturated carbocycles. The number of fused-ring (bicyclic) bond motifs is 1. The first-order valence-corrected chi connectivity index (χ1v) is 9.75. The molecular formula is C18H18N2OS2. The quantitative estimate of drug-likeness (QED) is 0.492. The van der Waals surface area contributed by atoms with Crippen LogP contribution in [0, 0.1) is 0 Å². The van der Waals surface area contributed by atoms with Gasteiger partial charge < -0.3 is 4.74 Å². The molecule has 1 saturated heterocycles. The van der Waals surface area contributed by atoms with Gasteiger partial charge in [0.1, 0.15) is 16.2 Å². The minimum Gasteiger partial charge on any atom is -0.377 e. The summed E-state index contributed by atoms with van der Waals surface area (Å²) in [6.07, 6.45) is 5.69. The molecule has 0 N–H and O–H groups in total. The van der Waals surface area contributed by atoms with E-state index in [9.17, 15) is 0 Å². The van der Waals surface area contributed by atoms with E-state index >= 15 is 0 Å². The molecule has 0 bridgehead atoms. The van der Waals surface area contributed by atoms with Crippen molar-refractivity contribution in [3.63, 3.8) is 0 Å². The number of ether oxygens (including phenoxy) is 1. The van der Waals surface area contributed by atoms with Crippen molar-refractivity contribution in [3.8, 4) is 10.4 Å². The van der Waals surface area contributed by atoms with Gasteiger partial charge in [-0.25, -0.2) is 9.97 Å². The van der Waals surface area contributed by atoms with Crippen LogP contribution < -0.4 is 0 Å². The summed E-state index contributed by atoms with van der Waals surface area (Å²) in [7, 11) is 0. The highest BCUT2D eigenvalue weighted by molar-refractivity contribution is 7.99. The highest BCUT2D eigenvalue weighted by atomic mass is 32.2. The number of nitrogens with zero attached hydrogens (tertiary/aromatic N) is 2. The number of benzene rings is 1. The molecule has 23 heavy (non-hydrogen) atoms. The van der Waals surface area contributed by atoms with Gasteiger partial charge in [0.05, 0.1) is 6.10 Å². The standard InChI is InChI=1S/C18H18N2OS2/c1-2-6-13(7-3-1)16-10-15-17(19-12-20-18(15)23-16)22-11-14-8-4-5-9-21-14/h1-3,6-7,10,12,14H,4-5,8-9,11H2/t14-/m1/s1. The molecule has 3 heterocycles. The Bertz CT molecular complexity index is 782. The maximum absolute atomic E-state index is 5.82. The van der Waals surface area contributed by atoms with Crippen molar-refractivity contribution in [3.05, 3.63) is 42.7 Å². The summed E-state index contributed by atoms with van der Waals surface area (Å²) in [5.41, 5.74) is 1.24. The topological polar surface area (TPSA) is 35.0 Å². The van der Waals surface area contributed by atoms with Crippen LogP contribution in [0.4, 0.5) is 0 Å². The van der Waals surface area contributed by atoms with E-state index in [4.69, 9.17) is 4.74 Å². The molecule has 3 nitrogen and oxygen atoms in total. The van der Waals surface area contributed by atoms with Crippen LogP contribution >= 0.6 is 23.1 Å². The monoisotopic (exact) mass is 342 g/mol. The molecule has 1 aromatic carbocycles. The molecule has 3 aromatic rings. The van der Waals surface area contributed by atoms with Crippen LogP contribution in [0.1, 0.15) is 19.3 Å². The molecular weight excluding hydrogens is 324 g/mol. The van der Waals surface area contributed by atoms with E-state index in [1.165, 1.54) is 29.7 Å². The Hall–Kier alpha value is -1.43. The lowest BCUT2D eigenvalue weighted by Gasteiger charge is -2.21. The molecule has 5 heteroatoms. The molecule has 1 fully saturated rings. The first-order chi connectivity index (χ1) is 11.4. The first-order valence-electron chi connectivity index (χ1n) is 7.94. The highest BCUT2D eigenvalue weighted by Gasteiger charge is 2.16. The zero-order valence-corrected chi connectivity index (χ0v) is 14.4. The van der Waals surface area contributed by atoms with Crippen LogP contribution in [-0.4, -0.2) is 28.4 Å². The van der Waals surface area contributed by atoms with E-state index in [0.29, 0.717) is 6.10 Å². The molecule has 0 radical (unpaired) electrons. The summed E-state index contributed by atoms with van der Waals surface area (Å²) in [5.74, 6) is 0.975. The molecule has 1 aliphatic rings. The van der Waals surface area contributed by atoms with Gasteiger partial charge in [0.15, 0.2) is 0 Å². The predicted octanol–water partition coefficient (Wildman–Crippen LogP) is 5.02. The Labute approximate surface area is 144 Å². The Kier molecular flexibility index (Phi) is 4.60. The largest absolute Gasteiger partial charge is 0.377 e. The molecule has 0 aliphatic carbocycles. The Morgan fingerprint density at radius 2 is 2.09 bits per heavy atom. The lowest BCUT2D eigenvalue weighted by molar-refractivity contribution is 0.0315. The fraction of sp³-hybridized carbons (Fsp3) is 0.333. The second-order valence-electron chi connectivity index (χ2n) is 5.67. The van der Waals surface area contributed by atoms with Gasteiger partial charge in [0.2, 0.25) is 0 Å². The van der Waals surface area contributed by atoms with Gasteiger partial charge in [-0.1, -0.05) is 30.3 Å². The summed E-state index contributed by atoms with van der Waals surface area (Å²) in [4.78, 5) is 11.3. The minimum absolute atomic E-state index is 0.367. The van der Waals surface area contributed by atoms with E-state index in [2.05, 4.69) is 40.3 Å². The van der Waals surface area contributed by atoms with Crippen molar-refractivity contribution in [2.45, 2.75) is 30.4 Å². The normalized spacial score (nSPS) is 18.3. The fourth-order valence-corrected chi connectivity index (χ4v) is 4.91. The zero-order valence-electron chi connectivity index (χ0n) is 12.8. The maximum Gasteiger partial charge on any atom is 0.128 e. The average Bonchev–Trinajstić information content (AvgIpc) is 3.06. The van der Waals surface area contributed by atoms with E-state index < -0.39 is 0 Å². The Morgan fingerprint density at radius 3 is 2.91 bits per heavy atom. The molecule has 0 unspecified atom stereocenters. The van der Waals surface area contributed by atoms with Crippen molar-refractivity contribution in [1.82, 2.24) is 9.97 Å². The number of aromatic nitrogens is 2. The van der Waals surface area contributed by atoms with Crippen LogP contribution in [0.5, 0.6) is 0 Å². The highest BCUT2D eigenvalue weighted by Crippen LogP contribution is 2.36. The van der Waals surface area contributed by atoms with Crippen LogP contribution in [0.3, 0.4) is 0 Å². The predicted molar refractivity (Wildman–Crippen MR) is 97.2 cm³/mol. The summed E-state index contributed by atoms with van der Waals surface area (Å²) in [6, 6.07) is 12.7. The van der Waals surface area contributed by atoms with Gasteiger partial charge in [0, 0.05) is 22.6 Å². The van der Waals surface area contributed by atoms with Crippen molar-refractivity contribution >= 4 is 33.3 Å². The zero-order chi connectivity index (χ0) is 15.5. The number of hydrogen-bond acceptors (Lipinski definition) is 5. The minimum atomic E-state index is 0.367. The molecule has 1 aliphatic heterocycles. The van der Waals surface area contributed by atoms with E-state index in [0.717, 1.165) is 27.6 Å². The number of rotatable bonds is 4. The molecule has 0 amide bonds. The van der Waals surface area contributed by atoms with Crippen LogP contribution in [0.15, 0.2) is 47.8 Å².